The summed E-state index contributed by atoms with van der Waals surface area (Å²) in [5.41, 5.74) is 2.99. The van der Waals surface area contributed by atoms with Crippen molar-refractivity contribution in [1.29, 1.82) is 0 Å². The summed E-state index contributed by atoms with van der Waals surface area (Å²) < 4.78 is 5.37. The molecule has 1 aromatic carbocycles. The molecule has 4 rings (SSSR count). The van der Waals surface area contributed by atoms with E-state index in [1.54, 1.807) is 24.4 Å². The molecule has 1 fully saturated rings. The van der Waals surface area contributed by atoms with Gasteiger partial charge in [0.2, 0.25) is 0 Å². The summed E-state index contributed by atoms with van der Waals surface area (Å²) in [6, 6.07) is 6.68. The van der Waals surface area contributed by atoms with Crippen LogP contribution in [-0.2, 0) is 0 Å². The minimum absolute atomic E-state index is 0.0830. The van der Waals surface area contributed by atoms with Crippen molar-refractivity contribution in [3.05, 3.63) is 57.5 Å². The van der Waals surface area contributed by atoms with Crippen LogP contribution in [0.3, 0.4) is 0 Å². The van der Waals surface area contributed by atoms with Crippen LogP contribution in [0.2, 0.25) is 10.0 Å². The molecule has 3 aromatic rings. The molecular formula is C18H16Cl2N4O2. The smallest absolute Gasteiger partial charge is 0.254 e. The number of carbonyl (C=O) groups is 1. The van der Waals surface area contributed by atoms with E-state index >= 15 is 0 Å². The van der Waals surface area contributed by atoms with Crippen molar-refractivity contribution in [3.63, 3.8) is 0 Å². The molecule has 134 valence electrons. The number of halogens is 2. The molecule has 1 N–H and O–H groups in total. The molecule has 8 heteroatoms. The van der Waals surface area contributed by atoms with Crippen LogP contribution in [0.25, 0.3) is 11.3 Å². The number of nitrogens with zero attached hydrogens (tertiary/aromatic N) is 3. The standard InChI is InChI=1S/C18H16Cl2N4O2/c1-10-7-16(26-23-10)12-9-21-22-17(12)15-3-2-6-24(15)18(25)11-4-5-13(19)14(20)8-11/h4-5,7-9,15H,2-3,6H2,1H3,(H,21,22)/t15-/m1/s1. The van der Waals surface area contributed by atoms with Crippen molar-refractivity contribution in [2.24, 2.45) is 0 Å². The van der Waals surface area contributed by atoms with E-state index < -0.39 is 0 Å². The summed E-state index contributed by atoms with van der Waals surface area (Å²) in [4.78, 5) is 14.9. The Labute approximate surface area is 160 Å². The van der Waals surface area contributed by atoms with Crippen molar-refractivity contribution in [1.82, 2.24) is 20.3 Å². The number of hydrogen-bond acceptors (Lipinski definition) is 4. The van der Waals surface area contributed by atoms with Crippen LogP contribution in [0.15, 0.2) is 35.0 Å². The van der Waals surface area contributed by atoms with Crippen LogP contribution in [-0.4, -0.2) is 32.7 Å². The number of rotatable bonds is 3. The molecule has 3 heterocycles. The first-order chi connectivity index (χ1) is 12.5. The zero-order valence-electron chi connectivity index (χ0n) is 14.0. The van der Waals surface area contributed by atoms with Gasteiger partial charge in [-0.2, -0.15) is 5.10 Å². The molecule has 26 heavy (non-hydrogen) atoms. The number of aromatic amines is 1. The topological polar surface area (TPSA) is 75.0 Å². The van der Waals surface area contributed by atoms with Crippen molar-refractivity contribution >= 4 is 29.1 Å². The summed E-state index contributed by atoms with van der Waals surface area (Å²) in [7, 11) is 0. The first kappa shape index (κ1) is 17.1. The van der Waals surface area contributed by atoms with Gasteiger partial charge in [-0.05, 0) is 38.0 Å². The Bertz CT molecular complexity index is 966. The van der Waals surface area contributed by atoms with Gasteiger partial charge in [0, 0.05) is 18.2 Å². The lowest BCUT2D eigenvalue weighted by Gasteiger charge is -2.24. The third-order valence-corrected chi connectivity index (χ3v) is 5.31. The van der Waals surface area contributed by atoms with E-state index in [1.165, 1.54) is 0 Å². The second-order valence-corrected chi connectivity index (χ2v) is 7.13. The summed E-state index contributed by atoms with van der Waals surface area (Å²) in [5, 5.41) is 11.9. The highest BCUT2D eigenvalue weighted by atomic mass is 35.5. The van der Waals surface area contributed by atoms with Crippen molar-refractivity contribution in [2.75, 3.05) is 6.54 Å². The highest BCUT2D eigenvalue weighted by Gasteiger charge is 2.34. The normalized spacial score (nSPS) is 17.0. The molecule has 0 radical (unpaired) electrons. The van der Waals surface area contributed by atoms with E-state index in [0.29, 0.717) is 27.9 Å². The number of aromatic nitrogens is 3. The number of aryl methyl sites for hydroxylation is 1. The van der Waals surface area contributed by atoms with E-state index in [0.717, 1.165) is 29.8 Å². The molecular weight excluding hydrogens is 375 g/mol. The van der Waals surface area contributed by atoms with Crippen molar-refractivity contribution < 1.29 is 9.32 Å². The lowest BCUT2D eigenvalue weighted by Crippen LogP contribution is -2.31. The van der Waals surface area contributed by atoms with Crippen LogP contribution in [0.1, 0.15) is 40.6 Å². The van der Waals surface area contributed by atoms with Gasteiger partial charge < -0.3 is 9.42 Å². The molecule has 1 atom stereocenters. The first-order valence-corrected chi connectivity index (χ1v) is 9.03. The number of benzene rings is 1. The fourth-order valence-electron chi connectivity index (χ4n) is 3.34. The van der Waals surface area contributed by atoms with E-state index in [4.69, 9.17) is 27.7 Å². The molecule has 0 bridgehead atoms. The molecule has 0 spiro atoms. The molecule has 1 aliphatic heterocycles. The van der Waals surface area contributed by atoms with Crippen molar-refractivity contribution in [3.8, 4) is 11.3 Å². The SMILES string of the molecule is Cc1cc(-c2cn[nH]c2[C@H]2CCCN2C(=O)c2ccc(Cl)c(Cl)c2)on1. The Morgan fingerprint density at radius 2 is 2.15 bits per heavy atom. The maximum Gasteiger partial charge on any atom is 0.254 e. The second-order valence-electron chi connectivity index (χ2n) is 6.32. The van der Waals surface area contributed by atoms with E-state index in [2.05, 4.69) is 15.4 Å². The Morgan fingerprint density at radius 3 is 2.88 bits per heavy atom. The zero-order valence-corrected chi connectivity index (χ0v) is 15.5. The van der Waals surface area contributed by atoms with Crippen molar-refractivity contribution in [2.45, 2.75) is 25.8 Å². The highest BCUT2D eigenvalue weighted by Crippen LogP contribution is 2.37. The van der Waals surface area contributed by atoms with Crippen LogP contribution in [0, 0.1) is 6.92 Å². The van der Waals surface area contributed by atoms with Gasteiger partial charge >= 0.3 is 0 Å². The number of carbonyl (C=O) groups excluding carboxylic acids is 1. The van der Waals surface area contributed by atoms with Gasteiger partial charge in [-0.1, -0.05) is 28.4 Å². The van der Waals surface area contributed by atoms with Crippen LogP contribution in [0.4, 0.5) is 0 Å². The Morgan fingerprint density at radius 1 is 1.31 bits per heavy atom. The minimum Gasteiger partial charge on any atom is -0.356 e. The molecule has 1 saturated heterocycles. The lowest BCUT2D eigenvalue weighted by atomic mass is 10.0. The van der Waals surface area contributed by atoms with Gasteiger partial charge in [0.05, 0.1) is 39.2 Å². The van der Waals surface area contributed by atoms with Crippen LogP contribution in [0.5, 0.6) is 0 Å². The molecule has 1 amide bonds. The lowest BCUT2D eigenvalue weighted by molar-refractivity contribution is 0.0733. The summed E-state index contributed by atoms with van der Waals surface area (Å²) in [5.74, 6) is 0.556. The molecule has 1 aliphatic rings. The maximum absolute atomic E-state index is 13.0. The van der Waals surface area contributed by atoms with E-state index in [1.807, 2.05) is 17.9 Å². The number of amides is 1. The van der Waals surface area contributed by atoms with Crippen LogP contribution < -0.4 is 0 Å². The highest BCUT2D eigenvalue weighted by molar-refractivity contribution is 6.42. The largest absolute Gasteiger partial charge is 0.356 e. The quantitative estimate of drug-likeness (QED) is 0.705. The predicted molar refractivity (Wildman–Crippen MR) is 98.3 cm³/mol. The van der Waals surface area contributed by atoms with Gasteiger partial charge in [-0.15, -0.1) is 0 Å². The molecule has 6 nitrogen and oxygen atoms in total. The Kier molecular flexibility index (Phi) is 4.46. The average Bonchev–Trinajstić information content (AvgIpc) is 3.35. The number of likely N-dealkylation sites (tertiary alicyclic amines) is 1. The summed E-state index contributed by atoms with van der Waals surface area (Å²) in [6.07, 6.45) is 3.45. The first-order valence-electron chi connectivity index (χ1n) is 8.27. The van der Waals surface area contributed by atoms with E-state index in [-0.39, 0.29) is 11.9 Å². The van der Waals surface area contributed by atoms with Gasteiger partial charge in [0.15, 0.2) is 5.76 Å². The average molecular weight is 391 g/mol. The third-order valence-electron chi connectivity index (χ3n) is 4.58. The zero-order chi connectivity index (χ0) is 18.3. The maximum atomic E-state index is 13.0. The van der Waals surface area contributed by atoms with Gasteiger partial charge in [0.1, 0.15) is 0 Å². The minimum atomic E-state index is -0.111. The monoisotopic (exact) mass is 390 g/mol. The molecule has 0 unspecified atom stereocenters. The fraction of sp³-hybridized carbons (Fsp3) is 0.278. The van der Waals surface area contributed by atoms with Gasteiger partial charge in [-0.3, -0.25) is 9.89 Å². The number of nitrogens with one attached hydrogen (secondary N) is 1. The van der Waals surface area contributed by atoms with Crippen LogP contribution >= 0.6 is 23.2 Å². The third kappa shape index (κ3) is 2.99. The molecule has 0 aliphatic carbocycles. The Hall–Kier alpha value is -2.31. The summed E-state index contributed by atoms with van der Waals surface area (Å²) in [6.45, 7) is 2.53. The Balaban J connectivity index is 1.66. The molecule has 2 aromatic heterocycles. The van der Waals surface area contributed by atoms with Gasteiger partial charge in [0.25, 0.3) is 5.91 Å². The molecule has 0 saturated carbocycles. The second kappa shape index (κ2) is 6.78. The fourth-order valence-corrected chi connectivity index (χ4v) is 3.64. The number of hydrogen-bond donors (Lipinski definition) is 1. The van der Waals surface area contributed by atoms with E-state index in [9.17, 15) is 4.79 Å². The number of H-pyrrole nitrogens is 1. The predicted octanol–water partition coefficient (Wildman–Crippen LogP) is 4.66. The summed E-state index contributed by atoms with van der Waals surface area (Å²) >= 11 is 12.0. The van der Waals surface area contributed by atoms with Gasteiger partial charge in [-0.25, -0.2) is 0 Å².